The second kappa shape index (κ2) is 6.30. The molecule has 1 aromatic carbocycles. The molecule has 0 fully saturated rings. The molecule has 0 amide bonds. The molecule has 0 saturated carbocycles. The number of methoxy groups -OCH3 is 1. The van der Waals surface area contributed by atoms with Crippen molar-refractivity contribution in [1.82, 2.24) is 0 Å². The molecule has 102 valence electrons. The van der Waals surface area contributed by atoms with Gasteiger partial charge in [0.25, 0.3) is 0 Å². The van der Waals surface area contributed by atoms with Gasteiger partial charge < -0.3 is 14.8 Å². The van der Waals surface area contributed by atoms with E-state index >= 15 is 0 Å². The smallest absolute Gasteiger partial charge is 0.143 e. The second-order valence-corrected chi connectivity index (χ2v) is 5.60. The summed E-state index contributed by atoms with van der Waals surface area (Å²) in [5.74, 6) is 0.751. The maximum absolute atomic E-state index is 6.05. The minimum atomic E-state index is -0.109. The van der Waals surface area contributed by atoms with Gasteiger partial charge in [-0.05, 0) is 39.3 Å². The van der Waals surface area contributed by atoms with Gasteiger partial charge in [-0.25, -0.2) is 0 Å². The van der Waals surface area contributed by atoms with Crippen LogP contribution in [0.5, 0.6) is 5.75 Å². The van der Waals surface area contributed by atoms with Crippen LogP contribution in [-0.4, -0.2) is 25.9 Å². The molecule has 3 nitrogen and oxygen atoms in total. The highest BCUT2D eigenvalue weighted by atomic mass is 35.5. The van der Waals surface area contributed by atoms with Gasteiger partial charge >= 0.3 is 0 Å². The first-order valence-electron chi connectivity index (χ1n) is 6.05. The highest BCUT2D eigenvalue weighted by Gasteiger charge is 2.10. The molecule has 0 aliphatic heterocycles. The Morgan fingerprint density at radius 2 is 1.94 bits per heavy atom. The molecular formula is C14H22ClNO2. The fraction of sp³-hybridized carbons (Fsp3) is 0.571. The monoisotopic (exact) mass is 271 g/mol. The van der Waals surface area contributed by atoms with E-state index in [2.05, 4.69) is 5.32 Å². The number of nitrogens with one attached hydrogen (secondary N) is 1. The zero-order chi connectivity index (χ0) is 13.8. The number of benzene rings is 1. The first-order chi connectivity index (χ1) is 8.33. The van der Waals surface area contributed by atoms with Crippen LogP contribution >= 0.6 is 11.6 Å². The standard InChI is InChI=1S/C14H22ClNO2/c1-10-8-12(13(17-5)9-11(10)15)16-6-7-18-14(2,3)4/h8-9,16H,6-7H2,1-5H3. The molecule has 1 N–H and O–H groups in total. The van der Waals surface area contributed by atoms with Gasteiger partial charge in [-0.1, -0.05) is 11.6 Å². The predicted molar refractivity (Wildman–Crippen MR) is 76.9 cm³/mol. The number of halogens is 1. The SMILES string of the molecule is COc1cc(Cl)c(C)cc1NCCOC(C)(C)C. The summed E-state index contributed by atoms with van der Waals surface area (Å²) in [6.45, 7) is 9.47. The van der Waals surface area contributed by atoms with Crippen molar-refractivity contribution in [3.63, 3.8) is 0 Å². The van der Waals surface area contributed by atoms with Gasteiger partial charge in [0, 0.05) is 17.6 Å². The Bertz CT molecular complexity index is 400. The third-order valence-electron chi connectivity index (χ3n) is 2.43. The van der Waals surface area contributed by atoms with Gasteiger partial charge in [-0.2, -0.15) is 0 Å². The molecule has 1 aromatic rings. The van der Waals surface area contributed by atoms with Crippen LogP contribution in [0.1, 0.15) is 26.3 Å². The fourth-order valence-corrected chi connectivity index (χ4v) is 1.67. The van der Waals surface area contributed by atoms with Crippen LogP contribution < -0.4 is 10.1 Å². The van der Waals surface area contributed by atoms with E-state index in [1.165, 1.54) is 0 Å². The zero-order valence-corrected chi connectivity index (χ0v) is 12.5. The molecule has 18 heavy (non-hydrogen) atoms. The predicted octanol–water partition coefficient (Wildman–Crippen LogP) is 3.88. The Morgan fingerprint density at radius 3 is 2.50 bits per heavy atom. The number of ether oxygens (including phenoxy) is 2. The van der Waals surface area contributed by atoms with Gasteiger partial charge in [0.05, 0.1) is 25.0 Å². The van der Waals surface area contributed by atoms with E-state index in [0.29, 0.717) is 11.6 Å². The largest absolute Gasteiger partial charge is 0.495 e. The van der Waals surface area contributed by atoms with Gasteiger partial charge in [0.15, 0.2) is 0 Å². The molecule has 0 unspecified atom stereocenters. The summed E-state index contributed by atoms with van der Waals surface area (Å²) in [4.78, 5) is 0. The minimum absolute atomic E-state index is 0.109. The van der Waals surface area contributed by atoms with E-state index in [1.54, 1.807) is 7.11 Å². The van der Waals surface area contributed by atoms with E-state index in [-0.39, 0.29) is 5.60 Å². The van der Waals surface area contributed by atoms with Crippen LogP contribution in [0, 0.1) is 6.92 Å². The van der Waals surface area contributed by atoms with Crippen molar-refractivity contribution in [1.29, 1.82) is 0 Å². The summed E-state index contributed by atoms with van der Waals surface area (Å²) >= 11 is 6.05. The summed E-state index contributed by atoms with van der Waals surface area (Å²) in [6.07, 6.45) is 0. The van der Waals surface area contributed by atoms with Crippen molar-refractivity contribution >= 4 is 17.3 Å². The van der Waals surface area contributed by atoms with Crippen molar-refractivity contribution in [3.05, 3.63) is 22.7 Å². The van der Waals surface area contributed by atoms with Gasteiger partial charge in [-0.15, -0.1) is 0 Å². The van der Waals surface area contributed by atoms with Crippen LogP contribution in [-0.2, 0) is 4.74 Å². The highest BCUT2D eigenvalue weighted by Crippen LogP contribution is 2.30. The maximum Gasteiger partial charge on any atom is 0.143 e. The zero-order valence-electron chi connectivity index (χ0n) is 11.8. The van der Waals surface area contributed by atoms with E-state index in [4.69, 9.17) is 21.1 Å². The Morgan fingerprint density at radius 1 is 1.28 bits per heavy atom. The van der Waals surface area contributed by atoms with Crippen LogP contribution in [0.15, 0.2) is 12.1 Å². The summed E-state index contributed by atoms with van der Waals surface area (Å²) in [7, 11) is 1.64. The van der Waals surface area contributed by atoms with Crippen LogP contribution in [0.25, 0.3) is 0 Å². The molecule has 0 spiro atoms. The molecular weight excluding hydrogens is 250 g/mol. The van der Waals surface area contributed by atoms with Crippen LogP contribution in [0.2, 0.25) is 5.02 Å². The average Bonchev–Trinajstić information content (AvgIpc) is 2.27. The van der Waals surface area contributed by atoms with E-state index in [0.717, 1.165) is 23.5 Å². The minimum Gasteiger partial charge on any atom is -0.495 e. The number of hydrogen-bond donors (Lipinski definition) is 1. The average molecular weight is 272 g/mol. The lowest BCUT2D eigenvalue weighted by atomic mass is 10.2. The van der Waals surface area contributed by atoms with Crippen molar-refractivity contribution in [2.45, 2.75) is 33.3 Å². The Labute approximate surface area is 114 Å². The number of anilines is 1. The molecule has 0 atom stereocenters. The first kappa shape index (κ1) is 15.1. The van der Waals surface area contributed by atoms with Gasteiger partial charge in [0.2, 0.25) is 0 Å². The van der Waals surface area contributed by atoms with E-state index in [1.807, 2.05) is 39.8 Å². The Hall–Kier alpha value is -0.930. The first-order valence-corrected chi connectivity index (χ1v) is 6.43. The number of rotatable bonds is 5. The van der Waals surface area contributed by atoms with Crippen molar-refractivity contribution in [2.75, 3.05) is 25.6 Å². The van der Waals surface area contributed by atoms with E-state index in [9.17, 15) is 0 Å². The van der Waals surface area contributed by atoms with Crippen molar-refractivity contribution in [2.24, 2.45) is 0 Å². The van der Waals surface area contributed by atoms with Gasteiger partial charge in [0.1, 0.15) is 5.75 Å². The normalized spacial score (nSPS) is 11.4. The van der Waals surface area contributed by atoms with Gasteiger partial charge in [-0.3, -0.25) is 0 Å². The molecule has 0 heterocycles. The quantitative estimate of drug-likeness (QED) is 0.825. The fourth-order valence-electron chi connectivity index (χ4n) is 1.51. The topological polar surface area (TPSA) is 30.5 Å². The summed E-state index contributed by atoms with van der Waals surface area (Å²) in [5.41, 5.74) is 1.86. The second-order valence-electron chi connectivity index (χ2n) is 5.19. The Kier molecular flexibility index (Phi) is 5.29. The maximum atomic E-state index is 6.05. The molecule has 0 aliphatic carbocycles. The van der Waals surface area contributed by atoms with E-state index < -0.39 is 0 Å². The summed E-state index contributed by atoms with van der Waals surface area (Å²) in [5, 5.41) is 4.01. The number of hydrogen-bond acceptors (Lipinski definition) is 3. The lowest BCUT2D eigenvalue weighted by Crippen LogP contribution is -2.23. The Balaban J connectivity index is 2.59. The molecule has 0 aliphatic rings. The van der Waals surface area contributed by atoms with Crippen LogP contribution in [0.3, 0.4) is 0 Å². The summed E-state index contributed by atoms with van der Waals surface area (Å²) in [6, 6.07) is 3.81. The van der Waals surface area contributed by atoms with Crippen molar-refractivity contribution in [3.8, 4) is 5.75 Å². The molecule has 0 radical (unpaired) electrons. The highest BCUT2D eigenvalue weighted by molar-refractivity contribution is 6.31. The lowest BCUT2D eigenvalue weighted by Gasteiger charge is -2.20. The molecule has 0 bridgehead atoms. The molecule has 0 saturated heterocycles. The van der Waals surface area contributed by atoms with Crippen molar-refractivity contribution < 1.29 is 9.47 Å². The van der Waals surface area contributed by atoms with Crippen LogP contribution in [0.4, 0.5) is 5.69 Å². The lowest BCUT2D eigenvalue weighted by molar-refractivity contribution is 0.00332. The summed E-state index contributed by atoms with van der Waals surface area (Å²) < 4.78 is 10.9. The molecule has 0 aromatic heterocycles. The third kappa shape index (κ3) is 4.75. The molecule has 1 rings (SSSR count). The number of aryl methyl sites for hydroxylation is 1. The third-order valence-corrected chi connectivity index (χ3v) is 2.84. The molecule has 4 heteroatoms.